The zero-order valence-electron chi connectivity index (χ0n) is 8.57. The monoisotopic (exact) mass is 194 g/mol. The van der Waals surface area contributed by atoms with Crippen LogP contribution >= 0.6 is 0 Å². The van der Waals surface area contributed by atoms with Gasteiger partial charge in [-0.05, 0) is 26.0 Å². The van der Waals surface area contributed by atoms with Crippen molar-refractivity contribution in [3.05, 3.63) is 24.5 Å². The van der Waals surface area contributed by atoms with Crippen LogP contribution < -0.4 is 5.32 Å². The molecule has 0 bridgehead atoms. The molecule has 76 valence electrons. The lowest BCUT2D eigenvalue weighted by Crippen LogP contribution is -2.41. The Hall–Kier alpha value is -1.58. The van der Waals surface area contributed by atoms with Crippen LogP contribution in [0.4, 0.5) is 5.69 Å². The van der Waals surface area contributed by atoms with E-state index in [4.69, 9.17) is 0 Å². The lowest BCUT2D eigenvalue weighted by Gasteiger charge is -2.24. The summed E-state index contributed by atoms with van der Waals surface area (Å²) < 4.78 is 4.67. The van der Waals surface area contributed by atoms with Gasteiger partial charge in [-0.15, -0.1) is 0 Å². The number of hydrogen-bond donors (Lipinski definition) is 1. The van der Waals surface area contributed by atoms with E-state index in [1.807, 2.05) is 0 Å². The van der Waals surface area contributed by atoms with E-state index in [1.165, 1.54) is 7.11 Å². The first-order valence-corrected chi connectivity index (χ1v) is 4.33. The molecule has 0 amide bonds. The molecule has 0 radical (unpaired) electrons. The molecule has 0 spiro atoms. The normalized spacial score (nSPS) is 10.8. The number of anilines is 1. The molecule has 0 fully saturated rings. The van der Waals surface area contributed by atoms with E-state index < -0.39 is 5.54 Å². The van der Waals surface area contributed by atoms with Crippen LogP contribution in [-0.4, -0.2) is 23.6 Å². The van der Waals surface area contributed by atoms with Crippen molar-refractivity contribution >= 4 is 11.7 Å². The van der Waals surface area contributed by atoms with Crippen LogP contribution in [0.2, 0.25) is 0 Å². The van der Waals surface area contributed by atoms with Crippen molar-refractivity contribution in [1.29, 1.82) is 0 Å². The van der Waals surface area contributed by atoms with Gasteiger partial charge in [0.15, 0.2) is 0 Å². The van der Waals surface area contributed by atoms with Gasteiger partial charge in [0.05, 0.1) is 7.11 Å². The largest absolute Gasteiger partial charge is 0.467 e. The van der Waals surface area contributed by atoms with Gasteiger partial charge in [-0.1, -0.05) is 0 Å². The van der Waals surface area contributed by atoms with Crippen LogP contribution in [0.25, 0.3) is 0 Å². The summed E-state index contributed by atoms with van der Waals surface area (Å²) >= 11 is 0. The SMILES string of the molecule is COC(=O)C(C)(C)Nc1ccncc1. The van der Waals surface area contributed by atoms with E-state index in [0.717, 1.165) is 5.69 Å². The van der Waals surface area contributed by atoms with Gasteiger partial charge < -0.3 is 10.1 Å². The molecule has 0 aliphatic heterocycles. The van der Waals surface area contributed by atoms with Gasteiger partial charge >= 0.3 is 5.97 Å². The summed E-state index contributed by atoms with van der Waals surface area (Å²) in [6.07, 6.45) is 3.32. The van der Waals surface area contributed by atoms with Gasteiger partial charge in [0.25, 0.3) is 0 Å². The van der Waals surface area contributed by atoms with E-state index in [9.17, 15) is 4.79 Å². The Bertz CT molecular complexity index is 309. The van der Waals surface area contributed by atoms with Crippen LogP contribution in [0.15, 0.2) is 24.5 Å². The molecule has 0 unspecified atom stereocenters. The Morgan fingerprint density at radius 1 is 1.43 bits per heavy atom. The maximum atomic E-state index is 11.3. The molecule has 0 saturated heterocycles. The number of pyridine rings is 1. The predicted octanol–water partition coefficient (Wildman–Crippen LogP) is 1.45. The van der Waals surface area contributed by atoms with Crippen molar-refractivity contribution in [2.75, 3.05) is 12.4 Å². The van der Waals surface area contributed by atoms with Crippen LogP contribution in [0, 0.1) is 0 Å². The molecule has 1 aromatic rings. The van der Waals surface area contributed by atoms with Gasteiger partial charge in [0.2, 0.25) is 0 Å². The quantitative estimate of drug-likeness (QED) is 0.740. The van der Waals surface area contributed by atoms with Crippen molar-refractivity contribution in [2.45, 2.75) is 19.4 Å². The summed E-state index contributed by atoms with van der Waals surface area (Å²) in [5.74, 6) is -0.297. The summed E-state index contributed by atoms with van der Waals surface area (Å²) in [4.78, 5) is 15.2. The van der Waals surface area contributed by atoms with Gasteiger partial charge in [0, 0.05) is 18.1 Å². The molecule has 0 aliphatic carbocycles. The third-order valence-electron chi connectivity index (χ3n) is 1.83. The second kappa shape index (κ2) is 4.09. The maximum Gasteiger partial charge on any atom is 0.330 e. The Morgan fingerprint density at radius 3 is 2.50 bits per heavy atom. The van der Waals surface area contributed by atoms with Gasteiger partial charge in [-0.3, -0.25) is 4.98 Å². The minimum Gasteiger partial charge on any atom is -0.467 e. The van der Waals surface area contributed by atoms with Crippen molar-refractivity contribution in [3.63, 3.8) is 0 Å². The highest BCUT2D eigenvalue weighted by Gasteiger charge is 2.28. The fraction of sp³-hybridized carbons (Fsp3) is 0.400. The summed E-state index contributed by atoms with van der Waals surface area (Å²) in [6.45, 7) is 3.53. The Labute approximate surface area is 83.3 Å². The van der Waals surface area contributed by atoms with E-state index in [0.29, 0.717) is 0 Å². The average Bonchev–Trinajstić information content (AvgIpc) is 2.17. The Kier molecular flexibility index (Phi) is 3.06. The molecular formula is C10H14N2O2. The molecule has 0 aliphatic rings. The lowest BCUT2D eigenvalue weighted by molar-refractivity contribution is -0.144. The number of hydrogen-bond acceptors (Lipinski definition) is 4. The molecule has 1 N–H and O–H groups in total. The number of methoxy groups -OCH3 is 1. The van der Waals surface area contributed by atoms with E-state index >= 15 is 0 Å². The number of carbonyl (C=O) groups excluding carboxylic acids is 1. The van der Waals surface area contributed by atoms with Gasteiger partial charge in [-0.25, -0.2) is 4.79 Å². The molecule has 1 aromatic heterocycles. The molecule has 0 aromatic carbocycles. The summed E-state index contributed by atoms with van der Waals surface area (Å²) in [5, 5.41) is 3.05. The topological polar surface area (TPSA) is 51.2 Å². The second-order valence-corrected chi connectivity index (χ2v) is 3.48. The highest BCUT2D eigenvalue weighted by atomic mass is 16.5. The minimum absolute atomic E-state index is 0.297. The molecular weight excluding hydrogens is 180 g/mol. The molecule has 0 atom stereocenters. The van der Waals surface area contributed by atoms with E-state index in [-0.39, 0.29) is 5.97 Å². The third kappa shape index (κ3) is 2.45. The highest BCUT2D eigenvalue weighted by Crippen LogP contribution is 2.14. The van der Waals surface area contributed by atoms with Gasteiger partial charge in [-0.2, -0.15) is 0 Å². The van der Waals surface area contributed by atoms with Crippen molar-refractivity contribution in [1.82, 2.24) is 4.98 Å². The van der Waals surface area contributed by atoms with Crippen LogP contribution in [-0.2, 0) is 9.53 Å². The standard InChI is InChI=1S/C10H14N2O2/c1-10(2,9(13)14-3)12-8-4-6-11-7-5-8/h4-7H,1-3H3,(H,11,12). The van der Waals surface area contributed by atoms with E-state index in [2.05, 4.69) is 15.0 Å². The number of nitrogens with one attached hydrogen (secondary N) is 1. The van der Waals surface area contributed by atoms with Crippen molar-refractivity contribution < 1.29 is 9.53 Å². The average molecular weight is 194 g/mol. The third-order valence-corrected chi connectivity index (χ3v) is 1.83. The van der Waals surface area contributed by atoms with Crippen LogP contribution in [0.1, 0.15) is 13.8 Å². The van der Waals surface area contributed by atoms with Crippen molar-refractivity contribution in [3.8, 4) is 0 Å². The van der Waals surface area contributed by atoms with Crippen molar-refractivity contribution in [2.24, 2.45) is 0 Å². The zero-order valence-corrected chi connectivity index (χ0v) is 8.57. The first-order chi connectivity index (χ1) is 6.56. The van der Waals surface area contributed by atoms with Gasteiger partial charge in [0.1, 0.15) is 5.54 Å². The second-order valence-electron chi connectivity index (χ2n) is 3.48. The summed E-state index contributed by atoms with van der Waals surface area (Å²) in [5.41, 5.74) is 0.117. The summed E-state index contributed by atoms with van der Waals surface area (Å²) in [7, 11) is 1.37. The molecule has 0 saturated carbocycles. The summed E-state index contributed by atoms with van der Waals surface area (Å²) in [6, 6.07) is 3.59. The number of rotatable bonds is 3. The molecule has 1 rings (SSSR count). The lowest BCUT2D eigenvalue weighted by atomic mass is 10.1. The van der Waals surface area contributed by atoms with Crippen LogP contribution in [0.5, 0.6) is 0 Å². The molecule has 4 nitrogen and oxygen atoms in total. The number of ether oxygens (including phenoxy) is 1. The maximum absolute atomic E-state index is 11.3. The molecule has 4 heteroatoms. The first kappa shape index (κ1) is 10.5. The Balaban J connectivity index is 2.73. The predicted molar refractivity (Wildman–Crippen MR) is 54.0 cm³/mol. The Morgan fingerprint density at radius 2 is 2.00 bits per heavy atom. The fourth-order valence-corrected chi connectivity index (χ4v) is 1.10. The number of nitrogens with zero attached hydrogens (tertiary/aromatic N) is 1. The number of carbonyl (C=O) groups is 1. The number of aromatic nitrogens is 1. The zero-order chi connectivity index (χ0) is 10.6. The minimum atomic E-state index is -0.726. The fourth-order valence-electron chi connectivity index (χ4n) is 1.10. The van der Waals surface area contributed by atoms with Crippen LogP contribution in [0.3, 0.4) is 0 Å². The first-order valence-electron chi connectivity index (χ1n) is 4.33. The van der Waals surface area contributed by atoms with E-state index in [1.54, 1.807) is 38.4 Å². The molecule has 14 heavy (non-hydrogen) atoms. The number of esters is 1. The highest BCUT2D eigenvalue weighted by molar-refractivity contribution is 5.83. The molecule has 1 heterocycles. The smallest absolute Gasteiger partial charge is 0.330 e.